The van der Waals surface area contributed by atoms with Gasteiger partial charge in [-0.25, -0.2) is 0 Å². The second kappa shape index (κ2) is 6.33. The van der Waals surface area contributed by atoms with E-state index in [1.54, 1.807) is 0 Å². The van der Waals surface area contributed by atoms with E-state index < -0.39 is 0 Å². The molecule has 88 valence electrons. The molecule has 0 aromatic heterocycles. The van der Waals surface area contributed by atoms with Gasteiger partial charge in [-0.15, -0.1) is 6.58 Å². The Morgan fingerprint density at radius 1 is 1.44 bits per heavy atom. The van der Waals surface area contributed by atoms with Gasteiger partial charge in [0.15, 0.2) is 0 Å². The fraction of sp³-hybridized carbons (Fsp3) is 0.429. The second-order valence-electron chi connectivity index (χ2n) is 4.01. The molecule has 1 rings (SSSR count). The molecule has 16 heavy (non-hydrogen) atoms. The lowest BCUT2D eigenvalue weighted by Crippen LogP contribution is -2.24. The van der Waals surface area contributed by atoms with Crippen LogP contribution in [0, 0.1) is 6.92 Å². The van der Waals surface area contributed by atoms with Gasteiger partial charge in [-0.1, -0.05) is 25.1 Å². The Morgan fingerprint density at radius 3 is 2.69 bits per heavy atom. The van der Waals surface area contributed by atoms with Gasteiger partial charge in [0.05, 0.1) is 6.61 Å². The SMILES string of the molecule is C=CCN(CCC)c1ccc(CO)cc1C. The van der Waals surface area contributed by atoms with Crippen LogP contribution in [0.5, 0.6) is 0 Å². The summed E-state index contributed by atoms with van der Waals surface area (Å²) in [5, 5.41) is 9.07. The molecule has 0 radical (unpaired) electrons. The fourth-order valence-electron chi connectivity index (χ4n) is 1.91. The zero-order valence-corrected chi connectivity index (χ0v) is 10.2. The van der Waals surface area contributed by atoms with Crippen molar-refractivity contribution in [2.75, 3.05) is 18.0 Å². The average Bonchev–Trinajstić information content (AvgIpc) is 2.29. The van der Waals surface area contributed by atoms with Crippen LogP contribution in [0.25, 0.3) is 0 Å². The molecule has 0 aliphatic heterocycles. The van der Waals surface area contributed by atoms with Gasteiger partial charge in [-0.3, -0.25) is 0 Å². The summed E-state index contributed by atoms with van der Waals surface area (Å²) in [6.45, 7) is 10.1. The monoisotopic (exact) mass is 219 g/mol. The van der Waals surface area contributed by atoms with Crippen LogP contribution in [0.15, 0.2) is 30.9 Å². The highest BCUT2D eigenvalue weighted by Crippen LogP contribution is 2.21. The minimum atomic E-state index is 0.107. The van der Waals surface area contributed by atoms with Gasteiger partial charge >= 0.3 is 0 Å². The quantitative estimate of drug-likeness (QED) is 0.744. The zero-order chi connectivity index (χ0) is 12.0. The first-order valence-electron chi connectivity index (χ1n) is 5.79. The number of rotatable bonds is 6. The van der Waals surface area contributed by atoms with Crippen molar-refractivity contribution < 1.29 is 5.11 Å². The van der Waals surface area contributed by atoms with Gasteiger partial charge in [-0.2, -0.15) is 0 Å². The first-order chi connectivity index (χ1) is 7.72. The van der Waals surface area contributed by atoms with Crippen LogP contribution in [-0.2, 0) is 6.61 Å². The maximum atomic E-state index is 9.07. The molecule has 0 amide bonds. The normalized spacial score (nSPS) is 10.2. The third-order valence-electron chi connectivity index (χ3n) is 2.63. The Morgan fingerprint density at radius 2 is 2.19 bits per heavy atom. The van der Waals surface area contributed by atoms with Crippen LogP contribution < -0.4 is 4.90 Å². The minimum Gasteiger partial charge on any atom is -0.392 e. The van der Waals surface area contributed by atoms with Crippen LogP contribution in [0.4, 0.5) is 5.69 Å². The molecule has 1 aromatic carbocycles. The van der Waals surface area contributed by atoms with Gasteiger partial charge in [0.1, 0.15) is 0 Å². The van der Waals surface area contributed by atoms with E-state index in [4.69, 9.17) is 5.11 Å². The summed E-state index contributed by atoms with van der Waals surface area (Å²) < 4.78 is 0. The molecule has 2 nitrogen and oxygen atoms in total. The summed E-state index contributed by atoms with van der Waals surface area (Å²) in [6, 6.07) is 6.11. The van der Waals surface area contributed by atoms with Crippen molar-refractivity contribution >= 4 is 5.69 Å². The van der Waals surface area contributed by atoms with Crippen LogP contribution in [-0.4, -0.2) is 18.2 Å². The second-order valence-corrected chi connectivity index (χ2v) is 4.01. The van der Waals surface area contributed by atoms with E-state index in [2.05, 4.69) is 31.4 Å². The van der Waals surface area contributed by atoms with Crippen LogP contribution in [0.2, 0.25) is 0 Å². The van der Waals surface area contributed by atoms with Crippen LogP contribution in [0.1, 0.15) is 24.5 Å². The summed E-state index contributed by atoms with van der Waals surface area (Å²) in [7, 11) is 0. The van der Waals surface area contributed by atoms with E-state index in [1.807, 2.05) is 18.2 Å². The number of aliphatic hydroxyl groups is 1. The lowest BCUT2D eigenvalue weighted by atomic mass is 10.1. The van der Waals surface area contributed by atoms with Crippen molar-refractivity contribution in [2.24, 2.45) is 0 Å². The number of benzene rings is 1. The highest BCUT2D eigenvalue weighted by Gasteiger charge is 2.07. The molecule has 0 spiro atoms. The zero-order valence-electron chi connectivity index (χ0n) is 10.2. The Hall–Kier alpha value is -1.28. The molecule has 2 heteroatoms. The van der Waals surface area contributed by atoms with Gasteiger partial charge in [0, 0.05) is 18.8 Å². The standard InChI is InChI=1S/C14H21NO/c1-4-8-15(9-5-2)14-7-6-13(11-16)10-12(14)3/h4,6-7,10,16H,1,5,8-9,11H2,2-3H3. The summed E-state index contributed by atoms with van der Waals surface area (Å²) >= 11 is 0. The Bertz CT molecular complexity index is 347. The third-order valence-corrected chi connectivity index (χ3v) is 2.63. The average molecular weight is 219 g/mol. The predicted octanol–water partition coefficient (Wildman–Crippen LogP) is 2.89. The molecule has 0 saturated carbocycles. The molecule has 0 fully saturated rings. The molecule has 0 heterocycles. The Balaban J connectivity index is 2.94. The lowest BCUT2D eigenvalue weighted by Gasteiger charge is -2.25. The van der Waals surface area contributed by atoms with Crippen molar-refractivity contribution in [3.63, 3.8) is 0 Å². The minimum absolute atomic E-state index is 0.107. The Labute approximate surface area is 98.2 Å². The van der Waals surface area contributed by atoms with E-state index >= 15 is 0 Å². The lowest BCUT2D eigenvalue weighted by molar-refractivity contribution is 0.282. The van der Waals surface area contributed by atoms with Crippen molar-refractivity contribution in [1.82, 2.24) is 0 Å². The first kappa shape index (κ1) is 12.8. The summed E-state index contributed by atoms with van der Waals surface area (Å²) in [5.74, 6) is 0. The van der Waals surface area contributed by atoms with E-state index in [0.717, 1.165) is 25.1 Å². The van der Waals surface area contributed by atoms with Crippen LogP contribution in [0.3, 0.4) is 0 Å². The molecular formula is C14H21NO. The van der Waals surface area contributed by atoms with Gasteiger partial charge < -0.3 is 10.0 Å². The van der Waals surface area contributed by atoms with Crippen LogP contribution >= 0.6 is 0 Å². The number of nitrogens with zero attached hydrogens (tertiary/aromatic N) is 1. The van der Waals surface area contributed by atoms with E-state index in [0.29, 0.717) is 0 Å². The molecule has 0 atom stereocenters. The van der Waals surface area contributed by atoms with Crippen molar-refractivity contribution in [3.8, 4) is 0 Å². The van der Waals surface area contributed by atoms with Crippen molar-refractivity contribution in [2.45, 2.75) is 26.9 Å². The summed E-state index contributed by atoms with van der Waals surface area (Å²) in [6.07, 6.45) is 3.05. The molecule has 1 aromatic rings. The van der Waals surface area contributed by atoms with E-state index in [-0.39, 0.29) is 6.61 Å². The largest absolute Gasteiger partial charge is 0.392 e. The highest BCUT2D eigenvalue weighted by atomic mass is 16.3. The van der Waals surface area contributed by atoms with Gasteiger partial charge in [0.25, 0.3) is 0 Å². The molecular weight excluding hydrogens is 198 g/mol. The smallest absolute Gasteiger partial charge is 0.0681 e. The summed E-state index contributed by atoms with van der Waals surface area (Å²) in [4.78, 5) is 2.31. The summed E-state index contributed by atoms with van der Waals surface area (Å²) in [5.41, 5.74) is 3.41. The number of hydrogen-bond donors (Lipinski definition) is 1. The van der Waals surface area contributed by atoms with Crippen molar-refractivity contribution in [3.05, 3.63) is 42.0 Å². The first-order valence-corrected chi connectivity index (χ1v) is 5.79. The van der Waals surface area contributed by atoms with Gasteiger partial charge in [0.2, 0.25) is 0 Å². The molecule has 0 aliphatic rings. The number of hydrogen-bond acceptors (Lipinski definition) is 2. The molecule has 0 bridgehead atoms. The van der Waals surface area contributed by atoms with E-state index in [1.165, 1.54) is 11.3 Å². The highest BCUT2D eigenvalue weighted by molar-refractivity contribution is 5.54. The van der Waals surface area contributed by atoms with Gasteiger partial charge in [-0.05, 0) is 30.5 Å². The fourth-order valence-corrected chi connectivity index (χ4v) is 1.91. The maximum Gasteiger partial charge on any atom is 0.0681 e. The topological polar surface area (TPSA) is 23.5 Å². The molecule has 1 N–H and O–H groups in total. The third kappa shape index (κ3) is 3.11. The Kier molecular flexibility index (Phi) is 5.06. The van der Waals surface area contributed by atoms with E-state index in [9.17, 15) is 0 Å². The molecule has 0 unspecified atom stereocenters. The maximum absolute atomic E-state index is 9.07. The molecule has 0 saturated heterocycles. The molecule has 0 aliphatic carbocycles. The van der Waals surface area contributed by atoms with Crippen molar-refractivity contribution in [1.29, 1.82) is 0 Å². The number of aliphatic hydroxyl groups excluding tert-OH is 1. The number of anilines is 1. The number of aryl methyl sites for hydroxylation is 1. The predicted molar refractivity (Wildman–Crippen MR) is 69.8 cm³/mol.